The first kappa shape index (κ1) is 15.6. The van der Waals surface area contributed by atoms with Gasteiger partial charge in [-0.2, -0.15) is 0 Å². The van der Waals surface area contributed by atoms with E-state index in [-0.39, 0.29) is 11.5 Å². The molecule has 4 nitrogen and oxygen atoms in total. The van der Waals surface area contributed by atoms with Gasteiger partial charge in [0.1, 0.15) is 29.6 Å². The number of para-hydroxylation sites is 1. The van der Waals surface area contributed by atoms with Gasteiger partial charge in [-0.15, -0.1) is 0 Å². The van der Waals surface area contributed by atoms with Gasteiger partial charge >= 0.3 is 0 Å². The molecule has 0 saturated carbocycles. The van der Waals surface area contributed by atoms with Crippen molar-refractivity contribution in [3.63, 3.8) is 0 Å². The number of ether oxygens (including phenoxy) is 1. The van der Waals surface area contributed by atoms with Gasteiger partial charge in [-0.3, -0.25) is 4.79 Å². The van der Waals surface area contributed by atoms with Crippen LogP contribution in [0.25, 0.3) is 6.08 Å². The van der Waals surface area contributed by atoms with Gasteiger partial charge in [0.2, 0.25) is 0 Å². The normalized spacial score (nSPS) is 10.8. The Morgan fingerprint density at radius 1 is 1.00 bits per heavy atom. The van der Waals surface area contributed by atoms with Crippen LogP contribution in [-0.4, -0.2) is 10.9 Å². The highest BCUT2D eigenvalue weighted by Gasteiger charge is 2.04. The van der Waals surface area contributed by atoms with E-state index in [1.807, 2.05) is 36.4 Å². The Balaban J connectivity index is 1.59. The van der Waals surface area contributed by atoms with Crippen molar-refractivity contribution in [1.29, 1.82) is 0 Å². The molecule has 0 aliphatic carbocycles. The topological polar surface area (TPSA) is 59.7 Å². The molecule has 0 amide bonds. The minimum absolute atomic E-state index is 0.129. The van der Waals surface area contributed by atoms with Crippen molar-refractivity contribution in [3.05, 3.63) is 89.9 Å². The molecule has 0 bridgehead atoms. The lowest BCUT2D eigenvalue weighted by Gasteiger charge is -2.02. The summed E-state index contributed by atoms with van der Waals surface area (Å²) in [5.74, 6) is 2.00. The molecule has 4 heteroatoms. The first-order valence-electron chi connectivity index (χ1n) is 7.49. The smallest absolute Gasteiger partial charge is 0.185 e. The van der Waals surface area contributed by atoms with Crippen LogP contribution in [0.4, 0.5) is 0 Å². The second kappa shape index (κ2) is 7.33. The summed E-state index contributed by atoms with van der Waals surface area (Å²) in [7, 11) is 0. The molecule has 1 N–H and O–H groups in total. The Bertz CT molecular complexity index is 830. The number of carbonyl (C=O) groups is 1. The van der Waals surface area contributed by atoms with Crippen LogP contribution in [0, 0.1) is 0 Å². The maximum Gasteiger partial charge on any atom is 0.185 e. The molecule has 0 radical (unpaired) electrons. The van der Waals surface area contributed by atoms with E-state index in [1.54, 1.807) is 24.3 Å². The van der Waals surface area contributed by atoms with Crippen LogP contribution in [0.1, 0.15) is 21.9 Å². The van der Waals surface area contributed by atoms with E-state index in [4.69, 9.17) is 9.15 Å². The molecule has 0 unspecified atom stereocenters. The summed E-state index contributed by atoms with van der Waals surface area (Å²) in [6, 6.07) is 19.2. The summed E-state index contributed by atoms with van der Waals surface area (Å²) in [6.07, 6.45) is 3.05. The van der Waals surface area contributed by atoms with E-state index in [9.17, 15) is 9.90 Å². The lowest BCUT2D eigenvalue weighted by atomic mass is 10.1. The molecule has 1 heterocycles. The minimum atomic E-state index is -0.159. The summed E-state index contributed by atoms with van der Waals surface area (Å²) in [5.41, 5.74) is 0.503. The number of benzene rings is 2. The molecule has 1 aromatic heterocycles. The van der Waals surface area contributed by atoms with Crippen LogP contribution in [0.2, 0.25) is 0 Å². The number of rotatable bonds is 6. The van der Waals surface area contributed by atoms with Gasteiger partial charge in [-0.25, -0.2) is 0 Å². The first-order chi connectivity index (χ1) is 11.7. The Kier molecular flexibility index (Phi) is 4.77. The molecule has 0 saturated heterocycles. The number of phenolic OH excluding ortho intramolecular Hbond substituents is 1. The molecule has 24 heavy (non-hydrogen) atoms. The predicted molar refractivity (Wildman–Crippen MR) is 91.0 cm³/mol. The largest absolute Gasteiger partial charge is 0.508 e. The van der Waals surface area contributed by atoms with Crippen molar-refractivity contribution >= 4 is 11.9 Å². The second-order valence-electron chi connectivity index (χ2n) is 5.15. The predicted octanol–water partition coefficient (Wildman–Crippen LogP) is 4.46. The fourth-order valence-corrected chi connectivity index (χ4v) is 2.11. The van der Waals surface area contributed by atoms with Crippen LogP contribution in [0.3, 0.4) is 0 Å². The average molecular weight is 320 g/mol. The van der Waals surface area contributed by atoms with Crippen molar-refractivity contribution in [2.75, 3.05) is 0 Å². The highest BCUT2D eigenvalue weighted by atomic mass is 16.5. The summed E-state index contributed by atoms with van der Waals surface area (Å²) in [5, 5.41) is 9.23. The van der Waals surface area contributed by atoms with Crippen molar-refractivity contribution in [3.8, 4) is 11.5 Å². The lowest BCUT2D eigenvalue weighted by Crippen LogP contribution is -1.93. The Hall–Kier alpha value is -3.27. The molecular weight excluding hydrogens is 304 g/mol. The van der Waals surface area contributed by atoms with Crippen molar-refractivity contribution < 1.29 is 19.1 Å². The summed E-state index contributed by atoms with van der Waals surface area (Å²) in [6.45, 7) is 0.323. The number of hydrogen-bond acceptors (Lipinski definition) is 4. The molecular formula is C20H16O4. The third-order valence-corrected chi connectivity index (χ3v) is 3.36. The van der Waals surface area contributed by atoms with E-state index in [1.165, 1.54) is 18.2 Å². The van der Waals surface area contributed by atoms with Crippen LogP contribution >= 0.6 is 0 Å². The fourth-order valence-electron chi connectivity index (χ4n) is 2.11. The van der Waals surface area contributed by atoms with E-state index in [2.05, 4.69) is 0 Å². The monoisotopic (exact) mass is 320 g/mol. The van der Waals surface area contributed by atoms with Crippen molar-refractivity contribution in [2.45, 2.75) is 6.61 Å². The van der Waals surface area contributed by atoms with Crippen molar-refractivity contribution in [2.24, 2.45) is 0 Å². The number of aromatic hydroxyl groups is 1. The highest BCUT2D eigenvalue weighted by Crippen LogP contribution is 2.15. The van der Waals surface area contributed by atoms with Crippen LogP contribution in [0.15, 0.2) is 77.2 Å². The van der Waals surface area contributed by atoms with Gasteiger partial charge < -0.3 is 14.3 Å². The van der Waals surface area contributed by atoms with Crippen LogP contribution < -0.4 is 4.74 Å². The van der Waals surface area contributed by atoms with E-state index >= 15 is 0 Å². The summed E-state index contributed by atoms with van der Waals surface area (Å²) in [4.78, 5) is 12.0. The highest BCUT2D eigenvalue weighted by molar-refractivity contribution is 6.06. The van der Waals surface area contributed by atoms with Gasteiger partial charge in [-0.1, -0.05) is 18.2 Å². The third kappa shape index (κ3) is 4.14. The van der Waals surface area contributed by atoms with Crippen molar-refractivity contribution in [1.82, 2.24) is 0 Å². The number of hydrogen-bond donors (Lipinski definition) is 1. The number of ketones is 1. The first-order valence-corrected chi connectivity index (χ1v) is 7.49. The quantitative estimate of drug-likeness (QED) is 0.538. The number of phenols is 1. The zero-order valence-corrected chi connectivity index (χ0v) is 12.9. The Morgan fingerprint density at radius 3 is 2.50 bits per heavy atom. The second-order valence-corrected chi connectivity index (χ2v) is 5.15. The molecule has 0 spiro atoms. The lowest BCUT2D eigenvalue weighted by molar-refractivity contribution is 0.104. The molecule has 0 aliphatic heterocycles. The van der Waals surface area contributed by atoms with E-state index in [0.29, 0.717) is 23.7 Å². The fraction of sp³-hybridized carbons (Fsp3) is 0.0500. The maximum atomic E-state index is 12.0. The minimum Gasteiger partial charge on any atom is -0.508 e. The van der Waals surface area contributed by atoms with Gasteiger partial charge in [-0.05, 0) is 60.7 Å². The summed E-state index contributed by atoms with van der Waals surface area (Å²) < 4.78 is 11.2. The van der Waals surface area contributed by atoms with Gasteiger partial charge in [0.05, 0.1) is 0 Å². The van der Waals surface area contributed by atoms with E-state index < -0.39 is 0 Å². The zero-order valence-electron chi connectivity index (χ0n) is 12.9. The third-order valence-electron chi connectivity index (χ3n) is 3.36. The molecule has 3 aromatic rings. The van der Waals surface area contributed by atoms with Gasteiger partial charge in [0.25, 0.3) is 0 Å². The zero-order chi connectivity index (χ0) is 16.8. The average Bonchev–Trinajstić information content (AvgIpc) is 3.07. The van der Waals surface area contributed by atoms with Gasteiger partial charge in [0, 0.05) is 5.56 Å². The van der Waals surface area contributed by atoms with E-state index in [0.717, 1.165) is 5.75 Å². The SMILES string of the molecule is O=C(/C=C/c1ccc(COc2ccccc2)o1)c1ccc(O)cc1. The Labute approximate surface area is 139 Å². The van der Waals surface area contributed by atoms with Crippen LogP contribution in [0.5, 0.6) is 11.5 Å². The molecule has 0 atom stereocenters. The molecule has 120 valence electrons. The molecule has 3 rings (SSSR count). The Morgan fingerprint density at radius 2 is 1.75 bits per heavy atom. The summed E-state index contributed by atoms with van der Waals surface area (Å²) >= 11 is 0. The van der Waals surface area contributed by atoms with Gasteiger partial charge in [0.15, 0.2) is 5.78 Å². The maximum absolute atomic E-state index is 12.0. The number of allylic oxidation sites excluding steroid dienone is 1. The van der Waals surface area contributed by atoms with Crippen LogP contribution in [-0.2, 0) is 6.61 Å². The standard InChI is InChI=1S/C20H16O4/c21-16-8-6-15(7-9-16)20(22)13-12-18-10-11-19(24-18)14-23-17-4-2-1-3-5-17/h1-13,21H,14H2/b13-12+. The number of furan rings is 1. The molecule has 0 aliphatic rings. The molecule has 2 aromatic carbocycles. The molecule has 0 fully saturated rings. The number of carbonyl (C=O) groups excluding carboxylic acids is 1.